The molecule has 0 spiro atoms. The molecule has 0 unspecified atom stereocenters. The van der Waals surface area contributed by atoms with Crippen molar-refractivity contribution in [1.29, 1.82) is 0 Å². The number of carbonyl (C=O) groups is 1. The van der Waals surface area contributed by atoms with Gasteiger partial charge in [0.15, 0.2) is 0 Å². The zero-order valence-corrected chi connectivity index (χ0v) is 11.2. The highest BCUT2D eigenvalue weighted by atomic mass is 19.4. The number of alkyl halides is 6. The number of benzene rings is 1. The molecule has 0 radical (unpaired) electrons. The summed E-state index contributed by atoms with van der Waals surface area (Å²) in [7, 11) is 0. The van der Waals surface area contributed by atoms with Crippen LogP contribution >= 0.6 is 0 Å². The highest BCUT2D eigenvalue weighted by Crippen LogP contribution is 2.41. The largest absolute Gasteiger partial charge is 0.477 e. The van der Waals surface area contributed by atoms with Crippen molar-refractivity contribution in [2.45, 2.75) is 19.3 Å². The van der Waals surface area contributed by atoms with Crippen molar-refractivity contribution in [3.05, 3.63) is 40.6 Å². The van der Waals surface area contributed by atoms with Crippen molar-refractivity contribution >= 4 is 5.97 Å². The van der Waals surface area contributed by atoms with E-state index in [4.69, 9.17) is 5.11 Å². The summed E-state index contributed by atoms with van der Waals surface area (Å²) in [6, 6.07) is 0.848. The van der Waals surface area contributed by atoms with Gasteiger partial charge >= 0.3 is 18.3 Å². The van der Waals surface area contributed by atoms with Gasteiger partial charge in [-0.1, -0.05) is 11.2 Å². The van der Waals surface area contributed by atoms with Gasteiger partial charge in [-0.05, 0) is 19.1 Å². The van der Waals surface area contributed by atoms with Crippen LogP contribution in [0.4, 0.5) is 26.3 Å². The second kappa shape index (κ2) is 5.28. The van der Waals surface area contributed by atoms with Crippen LogP contribution < -0.4 is 0 Å². The predicted octanol–water partition coefficient (Wildman–Crippen LogP) is 4.39. The van der Waals surface area contributed by atoms with Gasteiger partial charge in [-0.2, -0.15) is 26.3 Å². The third-order valence-electron chi connectivity index (χ3n) is 2.98. The highest BCUT2D eigenvalue weighted by molar-refractivity contribution is 5.96. The Hall–Kier alpha value is -2.52. The molecule has 0 atom stereocenters. The molecule has 0 fully saturated rings. The van der Waals surface area contributed by atoms with Gasteiger partial charge in [0, 0.05) is 5.56 Å². The fraction of sp³-hybridized carbons (Fsp3) is 0.231. The lowest BCUT2D eigenvalue weighted by Gasteiger charge is -2.15. The molecule has 2 rings (SSSR count). The third kappa shape index (κ3) is 3.15. The number of hydrogen-bond donors (Lipinski definition) is 1. The number of nitrogens with zero attached hydrogens (tertiary/aromatic N) is 1. The summed E-state index contributed by atoms with van der Waals surface area (Å²) in [5.74, 6) is -1.87. The quantitative estimate of drug-likeness (QED) is 0.825. The van der Waals surface area contributed by atoms with Gasteiger partial charge in [0.1, 0.15) is 17.0 Å². The Balaban J connectivity index is 2.76. The summed E-state index contributed by atoms with van der Waals surface area (Å²) >= 11 is 0. The van der Waals surface area contributed by atoms with Crippen molar-refractivity contribution < 1.29 is 40.8 Å². The van der Waals surface area contributed by atoms with E-state index in [1.54, 1.807) is 0 Å². The van der Waals surface area contributed by atoms with Crippen LogP contribution in [0.1, 0.15) is 27.2 Å². The Morgan fingerprint density at radius 2 is 1.74 bits per heavy atom. The number of rotatable bonds is 2. The molecule has 10 heteroatoms. The van der Waals surface area contributed by atoms with Gasteiger partial charge in [0.25, 0.3) is 0 Å². The van der Waals surface area contributed by atoms with Crippen LogP contribution in [0.2, 0.25) is 0 Å². The van der Waals surface area contributed by atoms with Crippen molar-refractivity contribution in [1.82, 2.24) is 5.16 Å². The maximum atomic E-state index is 13.1. The first kappa shape index (κ1) is 16.8. The lowest BCUT2D eigenvalue weighted by Crippen LogP contribution is -2.13. The van der Waals surface area contributed by atoms with Crippen LogP contribution in [0.5, 0.6) is 0 Å². The fourth-order valence-corrected chi connectivity index (χ4v) is 1.97. The van der Waals surface area contributed by atoms with E-state index in [1.165, 1.54) is 0 Å². The van der Waals surface area contributed by atoms with Crippen molar-refractivity contribution in [3.63, 3.8) is 0 Å². The Morgan fingerprint density at radius 3 is 2.22 bits per heavy atom. The standard InChI is InChI=1S/C13H7F6NO3/c1-5-9(11(21)22)10(20-23-5)7-3-2-6(12(14,15)16)4-8(7)13(17,18)19/h2-4H,1H3,(H,21,22). The van der Waals surface area contributed by atoms with Crippen LogP contribution in [0, 0.1) is 6.92 Å². The second-order valence-corrected chi connectivity index (χ2v) is 4.52. The molecule has 124 valence electrons. The van der Waals surface area contributed by atoms with E-state index in [0.717, 1.165) is 6.92 Å². The molecule has 0 bridgehead atoms. The monoisotopic (exact) mass is 339 g/mol. The first-order chi connectivity index (χ1) is 10.4. The molecular weight excluding hydrogens is 332 g/mol. The number of carboxylic acids is 1. The van der Waals surface area contributed by atoms with Gasteiger partial charge in [0.05, 0.1) is 11.1 Å². The summed E-state index contributed by atoms with van der Waals surface area (Å²) in [6.45, 7) is 1.16. The van der Waals surface area contributed by atoms with E-state index in [-0.39, 0.29) is 11.8 Å². The molecule has 0 aliphatic heterocycles. The summed E-state index contributed by atoms with van der Waals surface area (Å²) in [5, 5.41) is 12.2. The zero-order valence-electron chi connectivity index (χ0n) is 11.2. The van der Waals surface area contributed by atoms with Gasteiger partial charge in [-0.3, -0.25) is 0 Å². The number of aromatic carboxylic acids is 1. The first-order valence-electron chi connectivity index (χ1n) is 5.91. The van der Waals surface area contributed by atoms with Gasteiger partial charge < -0.3 is 9.63 Å². The molecule has 4 nitrogen and oxygen atoms in total. The molecule has 0 saturated carbocycles. The van der Waals surface area contributed by atoms with E-state index in [2.05, 4.69) is 9.68 Å². The highest BCUT2D eigenvalue weighted by Gasteiger charge is 2.39. The number of aromatic nitrogens is 1. The third-order valence-corrected chi connectivity index (χ3v) is 2.98. The summed E-state index contributed by atoms with van der Waals surface area (Å²) in [4.78, 5) is 11.1. The summed E-state index contributed by atoms with van der Waals surface area (Å²) < 4.78 is 81.6. The molecule has 1 aromatic carbocycles. The van der Waals surface area contributed by atoms with E-state index < -0.39 is 46.3 Å². The van der Waals surface area contributed by atoms with Crippen molar-refractivity contribution in [3.8, 4) is 11.3 Å². The van der Waals surface area contributed by atoms with E-state index in [0.29, 0.717) is 12.1 Å². The topological polar surface area (TPSA) is 63.3 Å². The van der Waals surface area contributed by atoms with Crippen LogP contribution in [-0.4, -0.2) is 16.2 Å². The molecule has 0 aliphatic carbocycles. The molecule has 0 aliphatic rings. The van der Waals surface area contributed by atoms with E-state index in [1.807, 2.05) is 0 Å². The average Bonchev–Trinajstić information content (AvgIpc) is 2.78. The molecule has 1 aromatic heterocycles. The Kier molecular flexibility index (Phi) is 3.87. The van der Waals surface area contributed by atoms with Crippen LogP contribution in [0.3, 0.4) is 0 Å². The zero-order chi connectivity index (χ0) is 17.6. The second-order valence-electron chi connectivity index (χ2n) is 4.52. The number of carboxylic acid groups (broad SMARTS) is 1. The Bertz CT molecular complexity index is 760. The molecule has 1 N–H and O–H groups in total. The van der Waals surface area contributed by atoms with Gasteiger partial charge in [-0.25, -0.2) is 4.79 Å². The van der Waals surface area contributed by atoms with Crippen molar-refractivity contribution in [2.24, 2.45) is 0 Å². The SMILES string of the molecule is Cc1onc(-c2ccc(C(F)(F)F)cc2C(F)(F)F)c1C(=O)O. The van der Waals surface area contributed by atoms with Gasteiger partial charge in [0.2, 0.25) is 0 Å². The fourth-order valence-electron chi connectivity index (χ4n) is 1.97. The van der Waals surface area contributed by atoms with Crippen LogP contribution in [-0.2, 0) is 12.4 Å². The molecule has 2 aromatic rings. The molecule has 0 saturated heterocycles. The summed E-state index contributed by atoms with van der Waals surface area (Å²) in [6.07, 6.45) is -10.1. The molecule has 0 amide bonds. The van der Waals surface area contributed by atoms with E-state index >= 15 is 0 Å². The maximum Gasteiger partial charge on any atom is 0.417 e. The maximum absolute atomic E-state index is 13.1. The average molecular weight is 339 g/mol. The molecular formula is C13H7F6NO3. The van der Waals surface area contributed by atoms with Crippen molar-refractivity contribution in [2.75, 3.05) is 0 Å². The van der Waals surface area contributed by atoms with Gasteiger partial charge in [-0.15, -0.1) is 0 Å². The minimum atomic E-state index is -5.14. The minimum absolute atomic E-state index is 0.0923. The molecule has 1 heterocycles. The van der Waals surface area contributed by atoms with E-state index in [9.17, 15) is 31.1 Å². The first-order valence-corrected chi connectivity index (χ1v) is 5.91. The predicted molar refractivity (Wildman–Crippen MR) is 63.6 cm³/mol. The lowest BCUT2D eigenvalue weighted by molar-refractivity contribution is -0.142. The normalized spacial score (nSPS) is 12.5. The van der Waals surface area contributed by atoms with Crippen LogP contribution in [0.15, 0.2) is 22.7 Å². The smallest absolute Gasteiger partial charge is 0.417 e. The Labute approximate surface area is 124 Å². The Morgan fingerprint density at radius 1 is 1.13 bits per heavy atom. The molecule has 23 heavy (non-hydrogen) atoms. The lowest BCUT2D eigenvalue weighted by atomic mass is 9.97. The minimum Gasteiger partial charge on any atom is -0.477 e. The number of halogens is 6. The number of hydrogen-bond acceptors (Lipinski definition) is 3. The summed E-state index contributed by atoms with van der Waals surface area (Å²) in [5.41, 5.74) is -5.29. The van der Waals surface area contributed by atoms with Crippen LogP contribution in [0.25, 0.3) is 11.3 Å². The number of aryl methyl sites for hydroxylation is 1.